The maximum atomic E-state index is 12.1. The summed E-state index contributed by atoms with van der Waals surface area (Å²) in [5.74, 6) is 1.85. The summed E-state index contributed by atoms with van der Waals surface area (Å²) in [6.45, 7) is 7.18. The molecule has 0 N–H and O–H groups in total. The number of rotatable bonds is 6. The number of hydrogen-bond donors (Lipinski definition) is 0. The summed E-state index contributed by atoms with van der Waals surface area (Å²) in [4.78, 5) is 14.1. The molecule has 1 aromatic rings. The monoisotopic (exact) mass is 277 g/mol. The lowest BCUT2D eigenvalue weighted by Gasteiger charge is -2.20. The molecule has 1 aliphatic carbocycles. The van der Waals surface area contributed by atoms with Gasteiger partial charge in [0, 0.05) is 18.3 Å². The van der Waals surface area contributed by atoms with E-state index in [0.29, 0.717) is 17.7 Å². The first-order valence-electron chi connectivity index (χ1n) is 7.05. The molecule has 0 heterocycles. The Morgan fingerprint density at radius 2 is 2.11 bits per heavy atom. The van der Waals surface area contributed by atoms with Crippen LogP contribution in [-0.2, 0) is 10.5 Å². The Morgan fingerprint density at radius 3 is 2.74 bits per heavy atom. The van der Waals surface area contributed by atoms with Gasteiger partial charge in [0.1, 0.15) is 0 Å². The minimum atomic E-state index is 0.306. The van der Waals surface area contributed by atoms with Gasteiger partial charge in [0.2, 0.25) is 5.91 Å². The summed E-state index contributed by atoms with van der Waals surface area (Å²) >= 11 is 1.74. The maximum Gasteiger partial charge on any atom is 0.232 e. The van der Waals surface area contributed by atoms with Crippen molar-refractivity contribution in [1.82, 2.24) is 4.90 Å². The van der Waals surface area contributed by atoms with Crippen LogP contribution in [0.3, 0.4) is 0 Å². The normalized spacial score (nSPS) is 14.5. The lowest BCUT2D eigenvalue weighted by atomic mass is 10.1. The SMILES string of the molecule is CCN(C(=O)CSCc1cc(C)ccc1C)C1CC1. The van der Waals surface area contributed by atoms with Crippen LogP contribution in [0.5, 0.6) is 0 Å². The van der Waals surface area contributed by atoms with Crippen LogP contribution in [-0.4, -0.2) is 29.1 Å². The molecular formula is C16H23NOS. The molecule has 0 atom stereocenters. The largest absolute Gasteiger partial charge is 0.339 e. The molecule has 0 aromatic heterocycles. The van der Waals surface area contributed by atoms with Crippen LogP contribution in [0.2, 0.25) is 0 Å². The lowest BCUT2D eigenvalue weighted by molar-refractivity contribution is -0.128. The third-order valence-corrected chi connectivity index (χ3v) is 4.60. The number of thioether (sulfide) groups is 1. The third-order valence-electron chi connectivity index (χ3n) is 3.64. The van der Waals surface area contributed by atoms with E-state index in [4.69, 9.17) is 0 Å². The highest BCUT2D eigenvalue weighted by atomic mass is 32.2. The van der Waals surface area contributed by atoms with E-state index in [0.717, 1.165) is 12.3 Å². The van der Waals surface area contributed by atoms with E-state index in [2.05, 4.69) is 39.0 Å². The van der Waals surface area contributed by atoms with Crippen LogP contribution in [0.1, 0.15) is 36.5 Å². The van der Waals surface area contributed by atoms with Crippen molar-refractivity contribution in [2.75, 3.05) is 12.3 Å². The minimum absolute atomic E-state index is 0.306. The molecule has 1 aromatic carbocycles. The van der Waals surface area contributed by atoms with Gasteiger partial charge < -0.3 is 4.90 Å². The third kappa shape index (κ3) is 4.00. The molecule has 1 fully saturated rings. The highest BCUT2D eigenvalue weighted by molar-refractivity contribution is 7.99. The fourth-order valence-corrected chi connectivity index (χ4v) is 3.28. The van der Waals surface area contributed by atoms with Crippen molar-refractivity contribution in [2.24, 2.45) is 0 Å². The minimum Gasteiger partial charge on any atom is -0.339 e. The van der Waals surface area contributed by atoms with Crippen LogP contribution in [0.15, 0.2) is 18.2 Å². The predicted octanol–water partition coefficient (Wildman–Crippen LogP) is 3.55. The Labute approximate surface area is 120 Å². The molecule has 2 nitrogen and oxygen atoms in total. The smallest absolute Gasteiger partial charge is 0.232 e. The number of amides is 1. The molecule has 0 radical (unpaired) electrons. The van der Waals surface area contributed by atoms with Gasteiger partial charge in [0.15, 0.2) is 0 Å². The van der Waals surface area contributed by atoms with Gasteiger partial charge in [0.05, 0.1) is 5.75 Å². The molecule has 0 saturated heterocycles. The van der Waals surface area contributed by atoms with E-state index < -0.39 is 0 Å². The van der Waals surface area contributed by atoms with Crippen LogP contribution in [0, 0.1) is 13.8 Å². The van der Waals surface area contributed by atoms with Gasteiger partial charge in [0.25, 0.3) is 0 Å². The van der Waals surface area contributed by atoms with Gasteiger partial charge in [-0.2, -0.15) is 0 Å². The zero-order chi connectivity index (χ0) is 13.8. The van der Waals surface area contributed by atoms with Gasteiger partial charge >= 0.3 is 0 Å². The summed E-state index contributed by atoms with van der Waals surface area (Å²) in [6.07, 6.45) is 2.39. The first-order chi connectivity index (χ1) is 9.11. The van der Waals surface area contributed by atoms with Crippen LogP contribution in [0.4, 0.5) is 0 Å². The standard InChI is InChI=1S/C16H23NOS/c1-4-17(15-7-8-15)16(18)11-19-10-14-9-12(2)5-6-13(14)3/h5-6,9,15H,4,7-8,10-11H2,1-3H3. The topological polar surface area (TPSA) is 20.3 Å². The summed E-state index contributed by atoms with van der Waals surface area (Å²) in [7, 11) is 0. The Balaban J connectivity index is 1.82. The molecule has 1 aliphatic rings. The van der Waals surface area contributed by atoms with E-state index >= 15 is 0 Å². The number of carbonyl (C=O) groups excluding carboxylic acids is 1. The number of hydrogen-bond acceptors (Lipinski definition) is 2. The molecule has 1 saturated carbocycles. The summed E-state index contributed by atoms with van der Waals surface area (Å²) in [6, 6.07) is 7.07. The zero-order valence-corrected chi connectivity index (χ0v) is 12.9. The van der Waals surface area contributed by atoms with Gasteiger partial charge in [-0.25, -0.2) is 0 Å². The molecular weight excluding hydrogens is 254 g/mol. The molecule has 3 heteroatoms. The van der Waals surface area contributed by atoms with E-state index in [-0.39, 0.29) is 0 Å². The molecule has 0 bridgehead atoms. The van der Waals surface area contributed by atoms with Crippen molar-refractivity contribution in [3.63, 3.8) is 0 Å². The first-order valence-corrected chi connectivity index (χ1v) is 8.20. The summed E-state index contributed by atoms with van der Waals surface area (Å²) < 4.78 is 0. The average Bonchev–Trinajstić information content (AvgIpc) is 3.19. The number of benzene rings is 1. The van der Waals surface area contributed by atoms with Gasteiger partial charge in [-0.05, 0) is 44.7 Å². The highest BCUT2D eigenvalue weighted by Gasteiger charge is 2.30. The maximum absolute atomic E-state index is 12.1. The Bertz CT molecular complexity index is 454. The molecule has 19 heavy (non-hydrogen) atoms. The van der Waals surface area contributed by atoms with E-state index in [1.54, 1.807) is 11.8 Å². The molecule has 1 amide bonds. The molecule has 2 rings (SSSR count). The second kappa shape index (κ2) is 6.47. The molecule has 0 unspecified atom stereocenters. The van der Waals surface area contributed by atoms with Gasteiger partial charge in [-0.3, -0.25) is 4.79 Å². The first kappa shape index (κ1) is 14.4. The summed E-state index contributed by atoms with van der Waals surface area (Å²) in [5, 5.41) is 0. The van der Waals surface area contributed by atoms with Gasteiger partial charge in [-0.15, -0.1) is 11.8 Å². The van der Waals surface area contributed by atoms with Crippen molar-refractivity contribution < 1.29 is 4.79 Å². The van der Waals surface area contributed by atoms with Crippen molar-refractivity contribution in [2.45, 2.75) is 45.4 Å². The molecule has 0 spiro atoms. The van der Waals surface area contributed by atoms with Crippen molar-refractivity contribution >= 4 is 17.7 Å². The second-order valence-electron chi connectivity index (χ2n) is 5.33. The lowest BCUT2D eigenvalue weighted by Crippen LogP contribution is -2.34. The Hall–Kier alpha value is -0.960. The predicted molar refractivity (Wildman–Crippen MR) is 82.5 cm³/mol. The zero-order valence-electron chi connectivity index (χ0n) is 12.1. The number of aryl methyl sites for hydroxylation is 2. The summed E-state index contributed by atoms with van der Waals surface area (Å²) in [5.41, 5.74) is 3.97. The van der Waals surface area contributed by atoms with Crippen LogP contribution >= 0.6 is 11.8 Å². The van der Waals surface area contributed by atoms with E-state index in [9.17, 15) is 4.79 Å². The molecule has 104 valence electrons. The molecule has 0 aliphatic heterocycles. The van der Waals surface area contributed by atoms with Crippen molar-refractivity contribution in [1.29, 1.82) is 0 Å². The van der Waals surface area contributed by atoms with Crippen LogP contribution < -0.4 is 0 Å². The average molecular weight is 277 g/mol. The highest BCUT2D eigenvalue weighted by Crippen LogP contribution is 2.27. The van der Waals surface area contributed by atoms with Crippen molar-refractivity contribution in [3.8, 4) is 0 Å². The Morgan fingerprint density at radius 1 is 1.37 bits per heavy atom. The van der Waals surface area contributed by atoms with Crippen molar-refractivity contribution in [3.05, 3.63) is 34.9 Å². The van der Waals surface area contributed by atoms with E-state index in [1.165, 1.54) is 29.5 Å². The Kier molecular flexibility index (Phi) is 4.92. The number of carbonyl (C=O) groups is 1. The fourth-order valence-electron chi connectivity index (χ4n) is 2.31. The fraction of sp³-hybridized carbons (Fsp3) is 0.562. The van der Waals surface area contributed by atoms with Gasteiger partial charge in [-0.1, -0.05) is 23.8 Å². The van der Waals surface area contributed by atoms with Crippen LogP contribution in [0.25, 0.3) is 0 Å². The second-order valence-corrected chi connectivity index (χ2v) is 6.32. The quantitative estimate of drug-likeness (QED) is 0.792. The van der Waals surface area contributed by atoms with E-state index in [1.807, 2.05) is 4.90 Å². The number of nitrogens with zero attached hydrogens (tertiary/aromatic N) is 1.